The van der Waals surface area contributed by atoms with Crippen LogP contribution in [-0.4, -0.2) is 0 Å². The molecule has 0 bridgehead atoms. The molecule has 0 aromatic heterocycles. The Morgan fingerprint density at radius 3 is 2.17 bits per heavy atom. The first kappa shape index (κ1) is 13.4. The van der Waals surface area contributed by atoms with Crippen molar-refractivity contribution in [3.05, 3.63) is 69.5 Å². The summed E-state index contributed by atoms with van der Waals surface area (Å²) in [4.78, 5) is 0. The van der Waals surface area contributed by atoms with Gasteiger partial charge in [-0.1, -0.05) is 35.9 Å². The molecule has 0 saturated heterocycles. The van der Waals surface area contributed by atoms with Crippen LogP contribution in [-0.2, 0) is 0 Å². The Balaban J connectivity index is 2.37. The Kier molecular flexibility index (Phi) is 3.94. The topological polar surface area (TPSA) is 0 Å². The average Bonchev–Trinajstić information content (AvgIpc) is 2.35. The van der Waals surface area contributed by atoms with Crippen LogP contribution in [0.15, 0.2) is 36.4 Å². The van der Waals surface area contributed by atoms with E-state index in [1.165, 1.54) is 17.2 Å². The minimum Gasteiger partial charge on any atom is -0.205 e. The molecule has 3 heteroatoms. The summed E-state index contributed by atoms with van der Waals surface area (Å²) in [5.41, 5.74) is 4.19. The number of halogens is 3. The molecule has 0 N–H and O–H groups in total. The van der Waals surface area contributed by atoms with Crippen molar-refractivity contribution in [2.24, 2.45) is 0 Å². The maximum absolute atomic E-state index is 13.1. The van der Waals surface area contributed by atoms with Crippen molar-refractivity contribution in [3.8, 4) is 0 Å². The van der Waals surface area contributed by atoms with E-state index in [0.29, 0.717) is 0 Å². The highest BCUT2D eigenvalue weighted by Crippen LogP contribution is 2.31. The number of benzene rings is 2. The Morgan fingerprint density at radius 1 is 0.944 bits per heavy atom. The molecule has 1 unspecified atom stereocenters. The van der Waals surface area contributed by atoms with Crippen LogP contribution in [0.4, 0.5) is 4.39 Å². The van der Waals surface area contributed by atoms with Gasteiger partial charge in [0.25, 0.3) is 0 Å². The molecule has 2 aromatic rings. The fourth-order valence-electron chi connectivity index (χ4n) is 1.78. The highest BCUT2D eigenvalue weighted by Gasteiger charge is 2.13. The van der Waals surface area contributed by atoms with E-state index in [-0.39, 0.29) is 10.4 Å². The third kappa shape index (κ3) is 2.68. The van der Waals surface area contributed by atoms with Crippen molar-refractivity contribution in [1.82, 2.24) is 0 Å². The predicted octanol–water partition coefficient (Wildman–Crippen LogP) is 5.42. The normalized spacial score (nSPS) is 12.5. The van der Waals surface area contributed by atoms with Crippen LogP contribution in [0.1, 0.15) is 27.6 Å². The summed E-state index contributed by atoms with van der Waals surface area (Å²) in [6.45, 7) is 4.09. The van der Waals surface area contributed by atoms with Gasteiger partial charge in [0, 0.05) is 0 Å². The van der Waals surface area contributed by atoms with Crippen molar-refractivity contribution in [3.63, 3.8) is 0 Å². The lowest BCUT2D eigenvalue weighted by Crippen LogP contribution is -1.95. The van der Waals surface area contributed by atoms with Gasteiger partial charge < -0.3 is 0 Å². The monoisotopic (exact) mass is 282 g/mol. The highest BCUT2D eigenvalue weighted by molar-refractivity contribution is 6.31. The van der Waals surface area contributed by atoms with Crippen LogP contribution in [0.25, 0.3) is 0 Å². The van der Waals surface area contributed by atoms with E-state index < -0.39 is 5.82 Å². The van der Waals surface area contributed by atoms with E-state index in [1.54, 1.807) is 12.1 Å². The maximum Gasteiger partial charge on any atom is 0.141 e. The zero-order valence-electron chi connectivity index (χ0n) is 10.2. The van der Waals surface area contributed by atoms with Gasteiger partial charge in [-0.05, 0) is 48.2 Å². The van der Waals surface area contributed by atoms with Gasteiger partial charge in [-0.25, -0.2) is 4.39 Å². The number of rotatable bonds is 2. The zero-order chi connectivity index (χ0) is 13.3. The number of hydrogen-bond acceptors (Lipinski definition) is 0. The second kappa shape index (κ2) is 5.29. The molecule has 2 rings (SSSR count). The van der Waals surface area contributed by atoms with E-state index in [0.717, 1.165) is 11.1 Å². The van der Waals surface area contributed by atoms with Crippen LogP contribution in [0.5, 0.6) is 0 Å². The van der Waals surface area contributed by atoms with Crippen molar-refractivity contribution in [2.45, 2.75) is 19.2 Å². The first-order valence-electron chi connectivity index (χ1n) is 5.65. The summed E-state index contributed by atoms with van der Waals surface area (Å²) >= 11 is 12.2. The molecule has 1 atom stereocenters. The Hall–Kier alpha value is -1.05. The average molecular weight is 283 g/mol. The SMILES string of the molecule is Cc1ccc(C(Cl)c2ccc(F)c(Cl)c2)cc1C. The summed E-state index contributed by atoms with van der Waals surface area (Å²) in [5.74, 6) is -0.427. The standard InChI is InChI=1S/C15H13Cl2F/c1-9-3-4-11(7-10(9)2)15(17)12-5-6-14(18)13(16)8-12/h3-8,15H,1-2H3. The van der Waals surface area contributed by atoms with Crippen LogP contribution in [0.2, 0.25) is 5.02 Å². The second-order valence-corrected chi connectivity index (χ2v) is 5.22. The van der Waals surface area contributed by atoms with E-state index >= 15 is 0 Å². The zero-order valence-corrected chi connectivity index (χ0v) is 11.7. The van der Waals surface area contributed by atoms with Gasteiger partial charge in [0.2, 0.25) is 0 Å². The summed E-state index contributed by atoms with van der Waals surface area (Å²) < 4.78 is 13.1. The largest absolute Gasteiger partial charge is 0.205 e. The molecular formula is C15H13Cl2F. The number of alkyl halides is 1. The van der Waals surface area contributed by atoms with E-state index in [4.69, 9.17) is 23.2 Å². The Morgan fingerprint density at radius 2 is 1.56 bits per heavy atom. The quantitative estimate of drug-likeness (QED) is 0.645. The first-order valence-corrected chi connectivity index (χ1v) is 6.46. The molecule has 0 heterocycles. The fourth-order valence-corrected chi connectivity index (χ4v) is 2.25. The minimum atomic E-state index is -0.427. The van der Waals surface area contributed by atoms with Gasteiger partial charge in [-0.2, -0.15) is 0 Å². The summed E-state index contributed by atoms with van der Waals surface area (Å²) in [6, 6.07) is 10.6. The molecule has 0 radical (unpaired) electrons. The molecule has 0 saturated carbocycles. The summed E-state index contributed by atoms with van der Waals surface area (Å²) in [7, 11) is 0. The van der Waals surface area contributed by atoms with Crippen molar-refractivity contribution < 1.29 is 4.39 Å². The molecule has 0 aliphatic rings. The molecule has 0 nitrogen and oxygen atoms in total. The van der Waals surface area contributed by atoms with Crippen LogP contribution >= 0.6 is 23.2 Å². The van der Waals surface area contributed by atoms with Crippen molar-refractivity contribution in [2.75, 3.05) is 0 Å². The fraction of sp³-hybridized carbons (Fsp3) is 0.200. The summed E-state index contributed by atoms with van der Waals surface area (Å²) in [6.07, 6.45) is 0. The molecule has 0 aliphatic carbocycles. The lowest BCUT2D eigenvalue weighted by Gasteiger charge is -2.12. The molecular weight excluding hydrogens is 270 g/mol. The molecule has 94 valence electrons. The van der Waals surface area contributed by atoms with E-state index in [1.807, 2.05) is 25.1 Å². The Labute approximate surface area is 116 Å². The predicted molar refractivity (Wildman–Crippen MR) is 75.0 cm³/mol. The van der Waals surface area contributed by atoms with Gasteiger partial charge >= 0.3 is 0 Å². The second-order valence-electron chi connectivity index (χ2n) is 4.38. The number of hydrogen-bond donors (Lipinski definition) is 0. The summed E-state index contributed by atoms with van der Waals surface area (Å²) in [5, 5.41) is -0.218. The molecule has 0 aliphatic heterocycles. The highest BCUT2D eigenvalue weighted by atomic mass is 35.5. The van der Waals surface area contributed by atoms with Crippen LogP contribution in [0.3, 0.4) is 0 Å². The first-order chi connectivity index (χ1) is 8.49. The number of aryl methyl sites for hydroxylation is 2. The van der Waals surface area contributed by atoms with Crippen LogP contribution in [0, 0.1) is 19.7 Å². The Bertz CT molecular complexity index is 527. The third-order valence-corrected chi connectivity index (χ3v) is 3.85. The molecule has 0 spiro atoms. The van der Waals surface area contributed by atoms with Gasteiger partial charge in [-0.15, -0.1) is 11.6 Å². The van der Waals surface area contributed by atoms with Gasteiger partial charge in [0.15, 0.2) is 0 Å². The maximum atomic E-state index is 13.1. The minimum absolute atomic E-state index is 0.0991. The smallest absolute Gasteiger partial charge is 0.141 e. The van der Waals surface area contributed by atoms with E-state index in [9.17, 15) is 4.39 Å². The van der Waals surface area contributed by atoms with Gasteiger partial charge in [0.1, 0.15) is 5.82 Å². The van der Waals surface area contributed by atoms with Crippen molar-refractivity contribution >= 4 is 23.2 Å². The third-order valence-electron chi connectivity index (χ3n) is 3.06. The molecule has 18 heavy (non-hydrogen) atoms. The molecule has 2 aromatic carbocycles. The lowest BCUT2D eigenvalue weighted by atomic mass is 10.00. The molecule has 0 amide bonds. The van der Waals surface area contributed by atoms with Crippen molar-refractivity contribution in [1.29, 1.82) is 0 Å². The van der Waals surface area contributed by atoms with E-state index in [2.05, 4.69) is 6.92 Å². The van der Waals surface area contributed by atoms with Gasteiger partial charge in [-0.3, -0.25) is 0 Å². The van der Waals surface area contributed by atoms with Crippen LogP contribution < -0.4 is 0 Å². The molecule has 0 fully saturated rings. The van der Waals surface area contributed by atoms with Gasteiger partial charge in [0.05, 0.1) is 10.4 Å². The lowest BCUT2D eigenvalue weighted by molar-refractivity contribution is 0.627.